The maximum atomic E-state index is 12.2. The molecule has 1 aliphatic heterocycles. The normalized spacial score (nSPS) is 16.5. The largest absolute Gasteiger partial charge is 0.465 e. The highest BCUT2D eigenvalue weighted by Gasteiger charge is 2.22. The Labute approximate surface area is 144 Å². The van der Waals surface area contributed by atoms with Gasteiger partial charge in [-0.05, 0) is 42.4 Å². The van der Waals surface area contributed by atoms with Crippen LogP contribution in [0.1, 0.15) is 45.8 Å². The Kier molecular flexibility index (Phi) is 6.23. The standard InChI is InChI=1S/C19H28N2O3/c1-19(2,3)13-17(22)20-14-15-8-10-21(11-9-15)18(23)7-6-16-5-4-12-24-16/h4-7,12,15H,8-11,13-14H2,1-3H3,(H,20,22)/b7-6+. The van der Waals surface area contributed by atoms with Crippen LogP contribution in [-0.4, -0.2) is 36.3 Å². The molecule has 5 heteroatoms. The zero-order valence-corrected chi connectivity index (χ0v) is 14.9. The molecule has 0 aliphatic carbocycles. The third kappa shape index (κ3) is 6.22. The molecule has 1 aliphatic rings. The van der Waals surface area contributed by atoms with Crippen molar-refractivity contribution in [1.82, 2.24) is 10.2 Å². The van der Waals surface area contributed by atoms with Crippen molar-refractivity contribution in [2.75, 3.05) is 19.6 Å². The van der Waals surface area contributed by atoms with Gasteiger partial charge in [0.1, 0.15) is 5.76 Å². The number of rotatable bonds is 5. The maximum absolute atomic E-state index is 12.2. The summed E-state index contributed by atoms with van der Waals surface area (Å²) in [5.74, 6) is 1.26. The zero-order chi connectivity index (χ0) is 17.6. The molecular weight excluding hydrogens is 304 g/mol. The van der Waals surface area contributed by atoms with Crippen LogP contribution in [0.2, 0.25) is 0 Å². The first-order valence-corrected chi connectivity index (χ1v) is 8.61. The van der Waals surface area contributed by atoms with Crippen LogP contribution in [0.5, 0.6) is 0 Å². The second-order valence-electron chi connectivity index (χ2n) is 7.66. The van der Waals surface area contributed by atoms with Gasteiger partial charge in [0.2, 0.25) is 11.8 Å². The molecule has 1 saturated heterocycles. The number of amides is 2. The molecule has 0 saturated carbocycles. The van der Waals surface area contributed by atoms with E-state index in [2.05, 4.69) is 26.1 Å². The predicted octanol–water partition coefficient (Wildman–Crippen LogP) is 3.08. The fraction of sp³-hybridized carbons (Fsp3) is 0.579. The van der Waals surface area contributed by atoms with E-state index >= 15 is 0 Å². The molecule has 1 N–H and O–H groups in total. The molecule has 2 heterocycles. The third-order valence-corrected chi connectivity index (χ3v) is 4.14. The summed E-state index contributed by atoms with van der Waals surface area (Å²) >= 11 is 0. The number of carbonyl (C=O) groups is 2. The second kappa shape index (κ2) is 8.18. The van der Waals surface area contributed by atoms with Crippen LogP contribution in [0.25, 0.3) is 6.08 Å². The van der Waals surface area contributed by atoms with E-state index in [0.29, 0.717) is 24.6 Å². The lowest BCUT2D eigenvalue weighted by Gasteiger charge is -2.31. The van der Waals surface area contributed by atoms with Crippen molar-refractivity contribution in [1.29, 1.82) is 0 Å². The second-order valence-corrected chi connectivity index (χ2v) is 7.66. The van der Waals surface area contributed by atoms with Crippen LogP contribution in [0.4, 0.5) is 0 Å². The van der Waals surface area contributed by atoms with Crippen LogP contribution >= 0.6 is 0 Å². The summed E-state index contributed by atoms with van der Waals surface area (Å²) in [6.45, 7) is 8.37. The van der Waals surface area contributed by atoms with Crippen molar-refractivity contribution in [2.24, 2.45) is 11.3 Å². The molecule has 2 rings (SSSR count). The van der Waals surface area contributed by atoms with Crippen molar-refractivity contribution in [3.63, 3.8) is 0 Å². The zero-order valence-electron chi connectivity index (χ0n) is 14.9. The molecule has 5 nitrogen and oxygen atoms in total. The van der Waals surface area contributed by atoms with Gasteiger partial charge in [-0.2, -0.15) is 0 Å². The highest BCUT2D eigenvalue weighted by molar-refractivity contribution is 5.91. The number of likely N-dealkylation sites (tertiary alicyclic amines) is 1. The molecule has 0 aromatic carbocycles. The lowest BCUT2D eigenvalue weighted by atomic mass is 9.91. The Morgan fingerprint density at radius 1 is 1.33 bits per heavy atom. The average molecular weight is 332 g/mol. The number of piperidine rings is 1. The summed E-state index contributed by atoms with van der Waals surface area (Å²) in [4.78, 5) is 25.9. The van der Waals surface area contributed by atoms with Crippen LogP contribution in [-0.2, 0) is 9.59 Å². The van der Waals surface area contributed by atoms with E-state index < -0.39 is 0 Å². The fourth-order valence-corrected chi connectivity index (χ4v) is 2.80. The van der Waals surface area contributed by atoms with Gasteiger partial charge < -0.3 is 14.6 Å². The van der Waals surface area contributed by atoms with Gasteiger partial charge in [-0.25, -0.2) is 0 Å². The molecule has 0 spiro atoms. The lowest BCUT2D eigenvalue weighted by molar-refractivity contribution is -0.128. The van der Waals surface area contributed by atoms with Gasteiger partial charge in [-0.3, -0.25) is 9.59 Å². The molecule has 24 heavy (non-hydrogen) atoms. The quantitative estimate of drug-likeness (QED) is 0.843. The third-order valence-electron chi connectivity index (χ3n) is 4.14. The number of hydrogen-bond acceptors (Lipinski definition) is 3. The molecular formula is C19H28N2O3. The van der Waals surface area contributed by atoms with Crippen LogP contribution in [0, 0.1) is 11.3 Å². The molecule has 1 fully saturated rings. The fourth-order valence-electron chi connectivity index (χ4n) is 2.80. The van der Waals surface area contributed by atoms with Crippen LogP contribution in [0.15, 0.2) is 28.9 Å². The minimum absolute atomic E-state index is 0.0141. The van der Waals surface area contributed by atoms with Crippen LogP contribution < -0.4 is 5.32 Å². The van der Waals surface area contributed by atoms with E-state index in [1.807, 2.05) is 11.0 Å². The van der Waals surface area contributed by atoms with Gasteiger partial charge in [-0.1, -0.05) is 20.8 Å². The SMILES string of the molecule is CC(C)(C)CC(=O)NCC1CCN(C(=O)/C=C/c2ccco2)CC1. The highest BCUT2D eigenvalue weighted by Crippen LogP contribution is 2.19. The number of carbonyl (C=O) groups excluding carboxylic acids is 2. The van der Waals surface area contributed by atoms with Crippen molar-refractivity contribution in [2.45, 2.75) is 40.0 Å². The highest BCUT2D eigenvalue weighted by atomic mass is 16.3. The summed E-state index contributed by atoms with van der Waals surface area (Å²) < 4.78 is 5.18. The lowest BCUT2D eigenvalue weighted by Crippen LogP contribution is -2.41. The van der Waals surface area contributed by atoms with E-state index in [-0.39, 0.29) is 17.2 Å². The van der Waals surface area contributed by atoms with Gasteiger partial charge in [-0.15, -0.1) is 0 Å². The van der Waals surface area contributed by atoms with Gasteiger partial charge in [0.25, 0.3) is 0 Å². The molecule has 0 radical (unpaired) electrons. The summed E-state index contributed by atoms with van der Waals surface area (Å²) in [6, 6.07) is 3.61. The Balaban J connectivity index is 1.69. The van der Waals surface area contributed by atoms with E-state index in [1.54, 1.807) is 24.5 Å². The summed E-state index contributed by atoms with van der Waals surface area (Å²) in [5.41, 5.74) is 0.0141. The molecule has 1 aromatic rings. The van der Waals surface area contributed by atoms with E-state index in [4.69, 9.17) is 4.42 Å². The number of nitrogens with zero attached hydrogens (tertiary/aromatic N) is 1. The smallest absolute Gasteiger partial charge is 0.246 e. The predicted molar refractivity (Wildman–Crippen MR) is 94.1 cm³/mol. The minimum atomic E-state index is 0.0141. The average Bonchev–Trinajstić information content (AvgIpc) is 3.03. The van der Waals surface area contributed by atoms with E-state index in [0.717, 1.165) is 25.9 Å². The molecule has 0 bridgehead atoms. The Bertz CT molecular complexity index is 562. The first kappa shape index (κ1) is 18.3. The Morgan fingerprint density at radius 2 is 2.04 bits per heavy atom. The molecule has 0 unspecified atom stereocenters. The summed E-state index contributed by atoms with van der Waals surface area (Å²) in [6.07, 6.45) is 7.24. The Morgan fingerprint density at radius 3 is 2.62 bits per heavy atom. The Hall–Kier alpha value is -2.04. The summed E-state index contributed by atoms with van der Waals surface area (Å²) in [5, 5.41) is 3.03. The van der Waals surface area contributed by atoms with Crippen molar-refractivity contribution < 1.29 is 14.0 Å². The van der Waals surface area contributed by atoms with Crippen LogP contribution in [0.3, 0.4) is 0 Å². The molecule has 2 amide bonds. The van der Waals surface area contributed by atoms with Gasteiger partial charge in [0, 0.05) is 32.1 Å². The topological polar surface area (TPSA) is 62.6 Å². The van der Waals surface area contributed by atoms with Gasteiger partial charge >= 0.3 is 0 Å². The van der Waals surface area contributed by atoms with E-state index in [9.17, 15) is 9.59 Å². The van der Waals surface area contributed by atoms with Crippen molar-refractivity contribution >= 4 is 17.9 Å². The maximum Gasteiger partial charge on any atom is 0.246 e. The van der Waals surface area contributed by atoms with Crippen molar-refractivity contribution in [3.05, 3.63) is 30.2 Å². The monoisotopic (exact) mass is 332 g/mol. The van der Waals surface area contributed by atoms with Gasteiger partial charge in [0.15, 0.2) is 0 Å². The first-order valence-electron chi connectivity index (χ1n) is 8.61. The van der Waals surface area contributed by atoms with Gasteiger partial charge in [0.05, 0.1) is 6.26 Å². The van der Waals surface area contributed by atoms with E-state index in [1.165, 1.54) is 0 Å². The first-order chi connectivity index (χ1) is 11.3. The summed E-state index contributed by atoms with van der Waals surface area (Å²) in [7, 11) is 0. The molecule has 132 valence electrons. The number of hydrogen-bond donors (Lipinski definition) is 1. The number of furan rings is 1. The number of nitrogens with one attached hydrogen (secondary N) is 1. The minimum Gasteiger partial charge on any atom is -0.465 e. The molecule has 0 atom stereocenters. The molecule has 1 aromatic heterocycles. The van der Waals surface area contributed by atoms with Crippen molar-refractivity contribution in [3.8, 4) is 0 Å².